The largest absolute Gasteiger partial charge is 0.487 e. The Bertz CT molecular complexity index is 698. The van der Waals surface area contributed by atoms with Crippen molar-refractivity contribution in [2.75, 3.05) is 5.88 Å². The molecule has 0 saturated carbocycles. The third kappa shape index (κ3) is 4.24. The SMILES string of the molecule is Cc1ccc(COc2cc(F)ccc2C#CCCl)cc1C. The second-order valence-corrected chi connectivity index (χ2v) is 5.05. The van der Waals surface area contributed by atoms with Crippen LogP contribution in [0.3, 0.4) is 0 Å². The molecule has 0 saturated heterocycles. The van der Waals surface area contributed by atoms with Gasteiger partial charge >= 0.3 is 0 Å². The van der Waals surface area contributed by atoms with Gasteiger partial charge in [-0.05, 0) is 42.7 Å². The van der Waals surface area contributed by atoms with E-state index in [2.05, 4.69) is 31.8 Å². The first-order valence-corrected chi connectivity index (χ1v) is 7.17. The normalized spacial score (nSPS) is 9.90. The number of alkyl halides is 1. The summed E-state index contributed by atoms with van der Waals surface area (Å²) < 4.78 is 19.1. The maximum Gasteiger partial charge on any atom is 0.138 e. The summed E-state index contributed by atoms with van der Waals surface area (Å²) in [5.74, 6) is 5.95. The van der Waals surface area contributed by atoms with E-state index in [1.165, 1.54) is 23.3 Å². The minimum absolute atomic E-state index is 0.230. The van der Waals surface area contributed by atoms with E-state index in [-0.39, 0.29) is 11.7 Å². The summed E-state index contributed by atoms with van der Waals surface area (Å²) in [5, 5.41) is 0. The van der Waals surface area contributed by atoms with Gasteiger partial charge in [-0.15, -0.1) is 11.6 Å². The van der Waals surface area contributed by atoms with Gasteiger partial charge in [0.05, 0.1) is 11.4 Å². The zero-order valence-corrected chi connectivity index (χ0v) is 12.8. The Hall–Kier alpha value is -1.98. The molecule has 0 N–H and O–H groups in total. The zero-order valence-electron chi connectivity index (χ0n) is 12.0. The average molecular weight is 303 g/mol. The maximum absolute atomic E-state index is 13.4. The Balaban J connectivity index is 2.18. The lowest BCUT2D eigenvalue weighted by atomic mass is 10.1. The quantitative estimate of drug-likeness (QED) is 0.594. The molecule has 2 aromatic carbocycles. The lowest BCUT2D eigenvalue weighted by molar-refractivity contribution is 0.303. The molecule has 0 radical (unpaired) electrons. The second-order valence-electron chi connectivity index (χ2n) is 4.78. The van der Waals surface area contributed by atoms with Crippen LogP contribution < -0.4 is 4.74 Å². The monoisotopic (exact) mass is 302 g/mol. The van der Waals surface area contributed by atoms with Crippen LogP contribution in [0.25, 0.3) is 0 Å². The summed E-state index contributed by atoms with van der Waals surface area (Å²) in [7, 11) is 0. The Morgan fingerprint density at radius 1 is 1.10 bits per heavy atom. The van der Waals surface area contributed by atoms with Gasteiger partial charge in [0.1, 0.15) is 18.2 Å². The fourth-order valence-corrected chi connectivity index (χ4v) is 1.97. The standard InChI is InChI=1S/C18H16ClFO/c1-13-5-6-15(10-14(13)2)12-21-18-11-17(20)8-7-16(18)4-3-9-19/h5-8,10-11H,9,12H2,1-2H3. The highest BCUT2D eigenvalue weighted by Crippen LogP contribution is 2.21. The van der Waals surface area contributed by atoms with Crippen molar-refractivity contribution in [3.05, 3.63) is 64.5 Å². The Morgan fingerprint density at radius 3 is 2.62 bits per heavy atom. The van der Waals surface area contributed by atoms with Gasteiger partial charge in [-0.25, -0.2) is 4.39 Å². The van der Waals surface area contributed by atoms with Crippen molar-refractivity contribution >= 4 is 11.6 Å². The zero-order chi connectivity index (χ0) is 15.2. The smallest absolute Gasteiger partial charge is 0.138 e. The molecule has 0 amide bonds. The van der Waals surface area contributed by atoms with Crippen molar-refractivity contribution in [1.29, 1.82) is 0 Å². The van der Waals surface area contributed by atoms with Gasteiger partial charge in [-0.3, -0.25) is 0 Å². The Kier molecular flexibility index (Phi) is 5.25. The molecule has 0 aliphatic heterocycles. The Morgan fingerprint density at radius 2 is 1.90 bits per heavy atom. The molecule has 3 heteroatoms. The lowest BCUT2D eigenvalue weighted by Gasteiger charge is -2.10. The van der Waals surface area contributed by atoms with Crippen LogP contribution in [-0.2, 0) is 6.61 Å². The highest BCUT2D eigenvalue weighted by Gasteiger charge is 2.05. The van der Waals surface area contributed by atoms with Crippen molar-refractivity contribution in [3.8, 4) is 17.6 Å². The van der Waals surface area contributed by atoms with Crippen LogP contribution in [0.2, 0.25) is 0 Å². The van der Waals surface area contributed by atoms with E-state index in [1.807, 2.05) is 12.1 Å². The van der Waals surface area contributed by atoms with E-state index >= 15 is 0 Å². The second kappa shape index (κ2) is 7.15. The molecule has 0 aromatic heterocycles. The van der Waals surface area contributed by atoms with Crippen LogP contribution in [0, 0.1) is 31.5 Å². The summed E-state index contributed by atoms with van der Waals surface area (Å²) in [4.78, 5) is 0. The molecule has 0 spiro atoms. The molecular formula is C18H16ClFO. The number of ether oxygens (including phenoxy) is 1. The molecule has 108 valence electrons. The van der Waals surface area contributed by atoms with Gasteiger partial charge < -0.3 is 4.74 Å². The van der Waals surface area contributed by atoms with E-state index < -0.39 is 0 Å². The van der Waals surface area contributed by atoms with Gasteiger partial charge in [0.25, 0.3) is 0 Å². The van der Waals surface area contributed by atoms with Crippen LogP contribution in [0.1, 0.15) is 22.3 Å². The number of hydrogen-bond acceptors (Lipinski definition) is 1. The number of hydrogen-bond donors (Lipinski definition) is 0. The van der Waals surface area contributed by atoms with Crippen LogP contribution in [0.5, 0.6) is 5.75 Å². The Labute approximate surface area is 129 Å². The van der Waals surface area contributed by atoms with Crippen molar-refractivity contribution in [2.24, 2.45) is 0 Å². The topological polar surface area (TPSA) is 9.23 Å². The summed E-state index contributed by atoms with van der Waals surface area (Å²) in [6, 6.07) is 10.4. The molecule has 2 aromatic rings. The minimum atomic E-state index is -0.346. The molecule has 0 heterocycles. The number of benzene rings is 2. The highest BCUT2D eigenvalue weighted by molar-refractivity contribution is 6.19. The number of aryl methyl sites for hydroxylation is 2. The summed E-state index contributed by atoms with van der Waals surface area (Å²) >= 11 is 5.55. The molecule has 0 atom stereocenters. The van der Waals surface area contributed by atoms with E-state index in [9.17, 15) is 4.39 Å². The fraction of sp³-hybridized carbons (Fsp3) is 0.222. The average Bonchev–Trinajstić information content (AvgIpc) is 2.47. The van der Waals surface area contributed by atoms with Gasteiger partial charge in [-0.2, -0.15) is 0 Å². The predicted molar refractivity (Wildman–Crippen MR) is 84.2 cm³/mol. The van der Waals surface area contributed by atoms with E-state index in [4.69, 9.17) is 16.3 Å². The highest BCUT2D eigenvalue weighted by atomic mass is 35.5. The minimum Gasteiger partial charge on any atom is -0.487 e. The molecule has 0 aliphatic carbocycles. The first-order valence-electron chi connectivity index (χ1n) is 6.63. The van der Waals surface area contributed by atoms with Crippen LogP contribution in [0.15, 0.2) is 36.4 Å². The van der Waals surface area contributed by atoms with Crippen molar-refractivity contribution in [2.45, 2.75) is 20.5 Å². The van der Waals surface area contributed by atoms with E-state index in [0.29, 0.717) is 17.9 Å². The first-order chi connectivity index (χ1) is 10.1. The molecular weight excluding hydrogens is 287 g/mol. The van der Waals surface area contributed by atoms with Gasteiger partial charge in [0.15, 0.2) is 0 Å². The maximum atomic E-state index is 13.4. The molecule has 0 unspecified atom stereocenters. The summed E-state index contributed by atoms with van der Waals surface area (Å²) in [6.45, 7) is 4.49. The third-order valence-electron chi connectivity index (χ3n) is 3.20. The first kappa shape index (κ1) is 15.4. The van der Waals surface area contributed by atoms with Crippen molar-refractivity contribution < 1.29 is 9.13 Å². The number of halogens is 2. The molecule has 1 nitrogen and oxygen atoms in total. The third-order valence-corrected chi connectivity index (χ3v) is 3.33. The fourth-order valence-electron chi connectivity index (χ4n) is 1.90. The van der Waals surface area contributed by atoms with E-state index in [1.54, 1.807) is 6.07 Å². The summed E-state index contributed by atoms with van der Waals surface area (Å²) in [5.41, 5.74) is 4.12. The summed E-state index contributed by atoms with van der Waals surface area (Å²) in [6.07, 6.45) is 0. The van der Waals surface area contributed by atoms with Crippen molar-refractivity contribution in [1.82, 2.24) is 0 Å². The van der Waals surface area contributed by atoms with Crippen molar-refractivity contribution in [3.63, 3.8) is 0 Å². The molecule has 0 fully saturated rings. The van der Waals surface area contributed by atoms with Gasteiger partial charge in [-0.1, -0.05) is 30.0 Å². The van der Waals surface area contributed by atoms with Crippen LogP contribution in [-0.4, -0.2) is 5.88 Å². The van der Waals surface area contributed by atoms with Gasteiger partial charge in [0.2, 0.25) is 0 Å². The molecule has 2 rings (SSSR count). The lowest BCUT2D eigenvalue weighted by Crippen LogP contribution is -1.99. The van der Waals surface area contributed by atoms with Gasteiger partial charge in [0, 0.05) is 6.07 Å². The molecule has 0 bridgehead atoms. The van der Waals surface area contributed by atoms with Crippen LogP contribution >= 0.6 is 11.6 Å². The van der Waals surface area contributed by atoms with Crippen LogP contribution in [0.4, 0.5) is 4.39 Å². The number of rotatable bonds is 3. The molecule has 21 heavy (non-hydrogen) atoms. The van der Waals surface area contributed by atoms with E-state index in [0.717, 1.165) is 5.56 Å². The molecule has 0 aliphatic rings. The predicted octanol–water partition coefficient (Wildman–Crippen LogP) is 4.61.